The molecule has 63 heavy (non-hydrogen) atoms. The lowest BCUT2D eigenvalue weighted by molar-refractivity contribution is -0.121. The van der Waals surface area contributed by atoms with Crippen molar-refractivity contribution >= 4 is 61.6 Å². The van der Waals surface area contributed by atoms with Crippen LogP contribution in [0.1, 0.15) is 51.9 Å². The van der Waals surface area contributed by atoms with Crippen LogP contribution in [-0.2, 0) is 9.59 Å². The summed E-state index contributed by atoms with van der Waals surface area (Å²) in [4.78, 5) is 20.7. The van der Waals surface area contributed by atoms with E-state index < -0.39 is 0 Å². The van der Waals surface area contributed by atoms with Gasteiger partial charge in [0.1, 0.15) is 11.5 Å². The number of carbonyl (C=O) groups excluding carboxylic acids is 2. The second kappa shape index (κ2) is 29.0. The van der Waals surface area contributed by atoms with E-state index in [-0.39, 0.29) is 7.43 Å². The Morgan fingerprint density at radius 2 is 0.429 bits per heavy atom. The highest BCUT2D eigenvalue weighted by Gasteiger charge is 1.99. The molecule has 0 aliphatic heterocycles. The molecule has 0 aliphatic rings. The molecule has 312 valence electrons. The molecule has 0 saturated carbocycles. The highest BCUT2D eigenvalue weighted by Crippen LogP contribution is 2.21. The summed E-state index contributed by atoms with van der Waals surface area (Å²) in [6, 6.07) is 76.0. The van der Waals surface area contributed by atoms with Crippen molar-refractivity contribution in [3.8, 4) is 11.5 Å². The van der Waals surface area contributed by atoms with Crippen LogP contribution in [0.3, 0.4) is 0 Å². The van der Waals surface area contributed by atoms with Gasteiger partial charge < -0.3 is 9.47 Å². The first-order valence-electron chi connectivity index (χ1n) is 20.1. The smallest absolute Gasteiger partial charge is 0.298 e. The molecular weight excluding hydrogens is 773 g/mol. The Labute approximate surface area is 373 Å². The van der Waals surface area contributed by atoms with E-state index in [1.165, 1.54) is 22.3 Å². The molecule has 8 aromatic carbocycles. The third kappa shape index (κ3) is 18.6. The Morgan fingerprint density at radius 3 is 0.651 bits per heavy atom. The Kier molecular flexibility index (Phi) is 21.8. The molecule has 8 aromatic rings. The molecule has 0 aromatic heterocycles. The summed E-state index contributed by atoms with van der Waals surface area (Å²) in [7, 11) is 0. The van der Waals surface area contributed by atoms with Gasteiger partial charge in [0.25, 0.3) is 12.9 Å². The maximum Gasteiger partial charge on any atom is 0.298 e. The summed E-state index contributed by atoms with van der Waals surface area (Å²) in [6.45, 7) is 0.879. The van der Waals surface area contributed by atoms with Crippen LogP contribution >= 0.6 is 0 Å². The Morgan fingerprint density at radius 1 is 0.238 bits per heavy atom. The molecule has 0 radical (unpaired) electrons. The Bertz CT molecular complexity index is 2300. The van der Waals surface area contributed by atoms with E-state index in [2.05, 4.69) is 72.8 Å². The lowest BCUT2D eigenvalue weighted by Gasteiger charge is -2.01. The van der Waals surface area contributed by atoms with E-state index in [9.17, 15) is 9.59 Å². The van der Waals surface area contributed by atoms with Crippen LogP contribution in [0.2, 0.25) is 0 Å². The molecule has 8 rings (SSSR count). The maximum absolute atomic E-state index is 10.4. The molecule has 0 heterocycles. The molecule has 0 spiro atoms. The SMILES string of the molecule is C.C(=C/c1ccccc1)/c1ccccc1.C(=C\c1ccccc1)/c1ccccc1.O=COc1ccccc1/C=C/c1ccccc1.O=COc1ccccc1/C=C\c1ccccc1. The van der Waals surface area contributed by atoms with Crippen molar-refractivity contribution in [2.24, 2.45) is 0 Å². The minimum absolute atomic E-state index is 0. The summed E-state index contributed by atoms with van der Waals surface area (Å²) < 4.78 is 9.79. The summed E-state index contributed by atoms with van der Waals surface area (Å²) in [5, 5.41) is 0. The average Bonchev–Trinajstić information content (AvgIpc) is 3.35. The predicted molar refractivity (Wildman–Crippen MR) is 267 cm³/mol. The first-order valence-corrected chi connectivity index (χ1v) is 20.1. The summed E-state index contributed by atoms with van der Waals surface area (Å²) in [5.41, 5.74) is 8.90. The van der Waals surface area contributed by atoms with Gasteiger partial charge in [-0.1, -0.05) is 274 Å². The van der Waals surface area contributed by atoms with Crippen molar-refractivity contribution in [1.29, 1.82) is 0 Å². The quantitative estimate of drug-likeness (QED) is 0.0910. The largest absolute Gasteiger partial charge is 0.428 e. The molecule has 0 saturated heterocycles. The zero-order valence-corrected chi connectivity index (χ0v) is 34.3. The highest BCUT2D eigenvalue weighted by molar-refractivity contribution is 5.75. The predicted octanol–water partition coefficient (Wildman–Crippen LogP) is 15.1. The number of benzene rings is 8. The monoisotopic (exact) mass is 824 g/mol. The normalized spacial score (nSPS) is 10.3. The first-order chi connectivity index (χ1) is 30.7. The van der Waals surface area contributed by atoms with E-state index >= 15 is 0 Å². The van der Waals surface area contributed by atoms with Gasteiger partial charge in [-0.05, 0) is 45.5 Å². The van der Waals surface area contributed by atoms with Gasteiger partial charge in [0, 0.05) is 11.1 Å². The van der Waals surface area contributed by atoms with Crippen molar-refractivity contribution in [2.45, 2.75) is 7.43 Å². The molecule has 0 aliphatic carbocycles. The first kappa shape index (κ1) is 47.3. The molecule has 0 N–H and O–H groups in total. The van der Waals surface area contributed by atoms with Crippen LogP contribution in [0.5, 0.6) is 11.5 Å². The van der Waals surface area contributed by atoms with Crippen molar-refractivity contribution < 1.29 is 19.1 Å². The van der Waals surface area contributed by atoms with E-state index in [1.807, 2.05) is 194 Å². The molecular formula is C59H52O4. The highest BCUT2D eigenvalue weighted by atomic mass is 16.5. The maximum atomic E-state index is 10.4. The van der Waals surface area contributed by atoms with Gasteiger partial charge in [0.15, 0.2) is 0 Å². The number of ether oxygens (including phenoxy) is 2. The average molecular weight is 825 g/mol. The third-order valence-corrected chi connectivity index (χ3v) is 8.83. The fourth-order valence-corrected chi connectivity index (χ4v) is 5.70. The number of para-hydroxylation sites is 2. The second-order valence-electron chi connectivity index (χ2n) is 13.3. The van der Waals surface area contributed by atoms with Gasteiger partial charge in [-0.15, -0.1) is 0 Å². The van der Waals surface area contributed by atoms with Gasteiger partial charge in [-0.3, -0.25) is 9.59 Å². The molecule has 0 bridgehead atoms. The zero-order chi connectivity index (χ0) is 43.1. The van der Waals surface area contributed by atoms with E-state index in [4.69, 9.17) is 9.47 Å². The van der Waals surface area contributed by atoms with Crippen molar-refractivity contribution in [2.75, 3.05) is 0 Å². The number of carbonyl (C=O) groups is 2. The minimum Gasteiger partial charge on any atom is -0.428 e. The lowest BCUT2D eigenvalue weighted by Crippen LogP contribution is -1.90. The van der Waals surface area contributed by atoms with Crippen LogP contribution in [0.25, 0.3) is 48.6 Å². The lowest BCUT2D eigenvalue weighted by atomic mass is 10.1. The van der Waals surface area contributed by atoms with E-state index in [0.29, 0.717) is 24.4 Å². The molecule has 0 unspecified atom stereocenters. The second-order valence-corrected chi connectivity index (χ2v) is 13.3. The molecule has 0 atom stereocenters. The van der Waals surface area contributed by atoms with Crippen LogP contribution < -0.4 is 9.47 Å². The van der Waals surface area contributed by atoms with E-state index in [1.54, 1.807) is 12.1 Å². The van der Waals surface area contributed by atoms with Crippen LogP contribution in [0.4, 0.5) is 0 Å². The minimum atomic E-state index is 0. The molecule has 4 heteroatoms. The van der Waals surface area contributed by atoms with Gasteiger partial charge >= 0.3 is 0 Å². The van der Waals surface area contributed by atoms with Crippen LogP contribution in [-0.4, -0.2) is 12.9 Å². The Balaban J connectivity index is 0.000000184. The van der Waals surface area contributed by atoms with Crippen LogP contribution in [0.15, 0.2) is 231 Å². The number of hydrogen-bond acceptors (Lipinski definition) is 4. The topological polar surface area (TPSA) is 52.6 Å². The van der Waals surface area contributed by atoms with Gasteiger partial charge in [0.05, 0.1) is 0 Å². The summed E-state index contributed by atoms with van der Waals surface area (Å²) in [5.74, 6) is 1.13. The Hall–Kier alpha value is -8.34. The van der Waals surface area contributed by atoms with E-state index in [0.717, 1.165) is 22.3 Å². The molecule has 0 amide bonds. The van der Waals surface area contributed by atoms with Crippen LogP contribution in [0, 0.1) is 0 Å². The molecule has 0 fully saturated rings. The standard InChI is InChI=1S/2C15H12O2.2C14H12.CH4/c2*16-12-17-15-9-5-4-8-14(15)11-10-13-6-2-1-3-7-13;2*1-3-7-13(8-4-1)11-12-14-9-5-2-6-10-14;/h2*1-12H;2*1-12H;1H4/b11-10+;11-10-;12-11+;12-11-;. The molecule has 4 nitrogen and oxygen atoms in total. The van der Waals surface area contributed by atoms with Gasteiger partial charge in [-0.25, -0.2) is 0 Å². The fourth-order valence-electron chi connectivity index (χ4n) is 5.70. The van der Waals surface area contributed by atoms with Crippen molar-refractivity contribution in [3.05, 3.63) is 275 Å². The zero-order valence-electron chi connectivity index (χ0n) is 34.3. The number of hydrogen-bond donors (Lipinski definition) is 0. The summed E-state index contributed by atoms with van der Waals surface area (Å²) in [6.07, 6.45) is 16.3. The fraction of sp³-hybridized carbons (Fsp3) is 0.0169. The van der Waals surface area contributed by atoms with Crippen molar-refractivity contribution in [3.63, 3.8) is 0 Å². The number of rotatable bonds is 12. The van der Waals surface area contributed by atoms with Crippen molar-refractivity contribution in [1.82, 2.24) is 0 Å². The van der Waals surface area contributed by atoms with Gasteiger partial charge in [-0.2, -0.15) is 0 Å². The van der Waals surface area contributed by atoms with Gasteiger partial charge in [0.2, 0.25) is 0 Å². The third-order valence-electron chi connectivity index (χ3n) is 8.83. The summed E-state index contributed by atoms with van der Waals surface area (Å²) >= 11 is 0.